The van der Waals surface area contributed by atoms with Gasteiger partial charge in [0, 0.05) is 11.0 Å². The molecule has 0 radical (unpaired) electrons. The van der Waals surface area contributed by atoms with Crippen LogP contribution in [0.1, 0.15) is 11.1 Å². The highest BCUT2D eigenvalue weighted by Crippen LogP contribution is 2.38. The Balaban J connectivity index is 3.57. The van der Waals surface area contributed by atoms with Crippen LogP contribution < -0.4 is 0 Å². The van der Waals surface area contributed by atoms with Crippen LogP contribution in [0, 0.1) is 21.4 Å². The third kappa shape index (κ3) is 2.25. The van der Waals surface area contributed by atoms with Crippen LogP contribution in [0.2, 0.25) is 0 Å². The largest absolute Gasteiger partial charge is 0.423 e. The van der Waals surface area contributed by atoms with E-state index in [-0.39, 0.29) is 10.5 Å². The minimum absolute atomic E-state index is 0.165. The molecule has 84 valence electrons. The predicted octanol–water partition coefficient (Wildman–Crippen LogP) is 2.77. The fourth-order valence-corrected chi connectivity index (χ4v) is 1.28. The summed E-state index contributed by atoms with van der Waals surface area (Å²) in [6.07, 6.45) is -4.88. The van der Waals surface area contributed by atoms with Gasteiger partial charge in [0.05, 0.1) is 10.5 Å². The number of thiol groups is 1. The van der Waals surface area contributed by atoms with E-state index < -0.39 is 22.4 Å². The molecule has 0 bridgehead atoms. The first kappa shape index (κ1) is 12.3. The molecule has 8 heteroatoms. The second kappa shape index (κ2) is 4.02. The Morgan fingerprint density at radius 2 is 2.00 bits per heavy atom. The molecule has 0 spiro atoms. The molecule has 0 aliphatic carbocycles. The van der Waals surface area contributed by atoms with Gasteiger partial charge in [-0.1, -0.05) is 0 Å². The second-order valence-corrected chi connectivity index (χ2v) is 3.23. The molecule has 0 saturated carbocycles. The molecule has 0 unspecified atom stereocenters. The van der Waals surface area contributed by atoms with E-state index in [0.29, 0.717) is 12.1 Å². The number of hydrogen-bond acceptors (Lipinski definition) is 4. The fourth-order valence-electron chi connectivity index (χ4n) is 1.04. The van der Waals surface area contributed by atoms with Crippen molar-refractivity contribution in [3.63, 3.8) is 0 Å². The van der Waals surface area contributed by atoms with Crippen molar-refractivity contribution in [1.29, 1.82) is 5.26 Å². The summed E-state index contributed by atoms with van der Waals surface area (Å²) in [6, 6.07) is 2.51. The molecule has 0 saturated heterocycles. The van der Waals surface area contributed by atoms with Crippen LogP contribution in [0.3, 0.4) is 0 Å². The van der Waals surface area contributed by atoms with E-state index in [4.69, 9.17) is 5.26 Å². The predicted molar refractivity (Wildman–Crippen MR) is 50.1 cm³/mol. The number of benzene rings is 1. The number of alkyl halides is 3. The van der Waals surface area contributed by atoms with Crippen LogP contribution in [0.4, 0.5) is 18.9 Å². The quantitative estimate of drug-likeness (QED) is 0.472. The molecule has 1 aromatic carbocycles. The minimum atomic E-state index is -4.88. The van der Waals surface area contributed by atoms with E-state index in [1.165, 1.54) is 6.07 Å². The highest BCUT2D eigenvalue weighted by Gasteiger charge is 2.39. The van der Waals surface area contributed by atoms with Crippen LogP contribution in [0.5, 0.6) is 0 Å². The van der Waals surface area contributed by atoms with Crippen molar-refractivity contribution in [3.8, 4) is 6.07 Å². The van der Waals surface area contributed by atoms with E-state index in [0.717, 1.165) is 0 Å². The number of hydrogen-bond donors (Lipinski definition) is 1. The number of nitro groups is 1. The van der Waals surface area contributed by atoms with Gasteiger partial charge in [0.1, 0.15) is 11.6 Å². The first-order chi connectivity index (χ1) is 7.27. The van der Waals surface area contributed by atoms with E-state index in [1.807, 2.05) is 0 Å². The maximum Gasteiger partial charge on any atom is 0.423 e. The van der Waals surface area contributed by atoms with Gasteiger partial charge in [-0.2, -0.15) is 18.4 Å². The van der Waals surface area contributed by atoms with Crippen LogP contribution in [-0.2, 0) is 6.18 Å². The fraction of sp³-hybridized carbons (Fsp3) is 0.125. The maximum atomic E-state index is 12.4. The number of nitriles is 1. The van der Waals surface area contributed by atoms with Crippen LogP contribution in [-0.4, -0.2) is 4.92 Å². The number of nitro benzene ring substituents is 1. The van der Waals surface area contributed by atoms with Gasteiger partial charge in [-0.15, -0.1) is 12.6 Å². The molecule has 1 aromatic rings. The Hall–Kier alpha value is -1.75. The van der Waals surface area contributed by atoms with Crippen molar-refractivity contribution in [2.75, 3.05) is 0 Å². The lowest BCUT2D eigenvalue weighted by Crippen LogP contribution is -2.09. The zero-order valence-electron chi connectivity index (χ0n) is 7.45. The van der Waals surface area contributed by atoms with Crippen molar-refractivity contribution in [2.45, 2.75) is 11.1 Å². The van der Waals surface area contributed by atoms with E-state index in [9.17, 15) is 23.3 Å². The van der Waals surface area contributed by atoms with Gasteiger partial charge in [0.2, 0.25) is 0 Å². The molecule has 0 amide bonds. The highest BCUT2D eigenvalue weighted by molar-refractivity contribution is 7.80. The highest BCUT2D eigenvalue weighted by atomic mass is 32.1. The van der Waals surface area contributed by atoms with Crippen molar-refractivity contribution in [2.24, 2.45) is 0 Å². The Kier molecular flexibility index (Phi) is 3.09. The first-order valence-corrected chi connectivity index (χ1v) is 4.20. The molecule has 0 aliphatic heterocycles. The van der Waals surface area contributed by atoms with Crippen LogP contribution in [0.25, 0.3) is 0 Å². The van der Waals surface area contributed by atoms with Crippen molar-refractivity contribution < 1.29 is 18.1 Å². The van der Waals surface area contributed by atoms with Gasteiger partial charge in [-0.05, 0) is 6.07 Å². The summed E-state index contributed by atoms with van der Waals surface area (Å²) < 4.78 is 37.3. The molecule has 0 heterocycles. The molecule has 0 aliphatic rings. The summed E-state index contributed by atoms with van der Waals surface area (Å²) in [7, 11) is 0. The lowest BCUT2D eigenvalue weighted by atomic mass is 10.1. The van der Waals surface area contributed by atoms with E-state index >= 15 is 0 Å². The SMILES string of the molecule is N#Cc1cc(C(F)(F)F)c([N+](=O)[O-])cc1S. The topological polar surface area (TPSA) is 66.9 Å². The van der Waals surface area contributed by atoms with Crippen LogP contribution in [0.15, 0.2) is 17.0 Å². The summed E-state index contributed by atoms with van der Waals surface area (Å²) in [6.45, 7) is 0. The van der Waals surface area contributed by atoms with Gasteiger partial charge >= 0.3 is 6.18 Å². The van der Waals surface area contributed by atoms with Crippen molar-refractivity contribution in [1.82, 2.24) is 0 Å². The molecule has 1 rings (SSSR count). The standard InChI is InChI=1S/C8H3F3N2O2S/c9-8(10,11)5-1-4(3-12)7(16)2-6(5)13(14)15/h1-2,16H. The smallest absolute Gasteiger partial charge is 0.258 e. The van der Waals surface area contributed by atoms with E-state index in [1.54, 1.807) is 0 Å². The van der Waals surface area contributed by atoms with Crippen LogP contribution >= 0.6 is 12.6 Å². The maximum absolute atomic E-state index is 12.4. The summed E-state index contributed by atoms with van der Waals surface area (Å²) in [4.78, 5) is 9.08. The average Bonchev–Trinajstić information content (AvgIpc) is 2.15. The summed E-state index contributed by atoms with van der Waals surface area (Å²) in [5.41, 5.74) is -2.93. The monoisotopic (exact) mass is 248 g/mol. The molecule has 4 nitrogen and oxygen atoms in total. The number of rotatable bonds is 1. The second-order valence-electron chi connectivity index (χ2n) is 2.75. The minimum Gasteiger partial charge on any atom is -0.258 e. The molecule has 0 N–H and O–H groups in total. The first-order valence-electron chi connectivity index (χ1n) is 3.76. The molecule has 0 aromatic heterocycles. The Morgan fingerprint density at radius 3 is 2.38 bits per heavy atom. The molecule has 0 fully saturated rings. The summed E-state index contributed by atoms with van der Waals surface area (Å²) in [5, 5.41) is 18.9. The molecule has 16 heavy (non-hydrogen) atoms. The lowest BCUT2D eigenvalue weighted by molar-refractivity contribution is -0.388. The Bertz CT molecular complexity index is 493. The van der Waals surface area contributed by atoms with Crippen molar-refractivity contribution >= 4 is 18.3 Å². The van der Waals surface area contributed by atoms with Gasteiger partial charge in [-0.3, -0.25) is 10.1 Å². The Morgan fingerprint density at radius 1 is 1.44 bits per heavy atom. The zero-order valence-corrected chi connectivity index (χ0v) is 8.34. The third-order valence-electron chi connectivity index (χ3n) is 1.74. The zero-order chi connectivity index (χ0) is 12.5. The van der Waals surface area contributed by atoms with Gasteiger partial charge in [-0.25, -0.2) is 0 Å². The third-order valence-corrected chi connectivity index (χ3v) is 2.11. The van der Waals surface area contributed by atoms with Gasteiger partial charge < -0.3 is 0 Å². The number of halogens is 3. The van der Waals surface area contributed by atoms with Gasteiger partial charge in [0.25, 0.3) is 5.69 Å². The Labute approximate surface area is 92.9 Å². The molecule has 0 atom stereocenters. The lowest BCUT2D eigenvalue weighted by Gasteiger charge is -2.08. The molecular weight excluding hydrogens is 245 g/mol. The average molecular weight is 248 g/mol. The van der Waals surface area contributed by atoms with E-state index in [2.05, 4.69) is 12.6 Å². The van der Waals surface area contributed by atoms with Crippen molar-refractivity contribution in [3.05, 3.63) is 33.4 Å². The summed E-state index contributed by atoms with van der Waals surface area (Å²) in [5.74, 6) is 0. The molecular formula is C8H3F3N2O2S. The summed E-state index contributed by atoms with van der Waals surface area (Å²) >= 11 is 3.69. The normalized spacial score (nSPS) is 10.9. The van der Waals surface area contributed by atoms with Gasteiger partial charge in [0.15, 0.2) is 0 Å². The number of nitrogens with zero attached hydrogens (tertiary/aromatic N) is 2.